The Balaban J connectivity index is 2.28. The molecule has 2 aromatic heterocycles. The Labute approximate surface area is 99.4 Å². The van der Waals surface area contributed by atoms with E-state index in [1.54, 1.807) is 0 Å². The van der Waals surface area contributed by atoms with E-state index in [-0.39, 0.29) is 15.7 Å². The molecule has 0 saturated heterocycles. The number of carboxylic acid groups (broad SMARTS) is 1. The molecule has 0 aliphatic carbocycles. The van der Waals surface area contributed by atoms with Gasteiger partial charge in [0.1, 0.15) is 10.5 Å². The zero-order chi connectivity index (χ0) is 12.5. The van der Waals surface area contributed by atoms with Gasteiger partial charge < -0.3 is 5.11 Å². The third-order valence-corrected chi connectivity index (χ3v) is 4.51. The number of hydrogen-bond donors (Lipinski definition) is 3. The number of H-pyrrole nitrogens is 1. The predicted molar refractivity (Wildman–Crippen MR) is 58.5 cm³/mol. The number of thiophene rings is 1. The minimum absolute atomic E-state index is 0.0322. The molecule has 0 unspecified atom stereocenters. The average molecular weight is 274 g/mol. The molecule has 17 heavy (non-hydrogen) atoms. The average Bonchev–Trinajstić information content (AvgIpc) is 2.84. The number of carboxylic acids is 1. The van der Waals surface area contributed by atoms with Crippen LogP contribution in [0.5, 0.6) is 0 Å². The summed E-state index contributed by atoms with van der Waals surface area (Å²) in [5.41, 5.74) is -0.0760. The van der Waals surface area contributed by atoms with Crippen molar-refractivity contribution in [2.45, 2.75) is 4.21 Å². The Morgan fingerprint density at radius 3 is 2.82 bits per heavy atom. The van der Waals surface area contributed by atoms with Gasteiger partial charge in [0.15, 0.2) is 0 Å². The van der Waals surface area contributed by atoms with Gasteiger partial charge in [-0.1, -0.05) is 0 Å². The highest BCUT2D eigenvalue weighted by Gasteiger charge is 2.19. The Bertz CT molecular complexity index is 631. The van der Waals surface area contributed by atoms with Gasteiger partial charge in [-0.2, -0.15) is 10.1 Å². The standard InChI is InChI=1S/C7H6N4O4S2/c12-6(13)4-1-5(16-2-4)17(14,15)11-7-8-3-9-10-7/h1-3H,(H,12,13)(H2,8,9,10,11). The van der Waals surface area contributed by atoms with Crippen LogP contribution in [0.25, 0.3) is 0 Å². The molecule has 0 bridgehead atoms. The van der Waals surface area contributed by atoms with Crippen molar-refractivity contribution in [1.29, 1.82) is 0 Å². The zero-order valence-electron chi connectivity index (χ0n) is 8.11. The number of nitrogens with zero attached hydrogens (tertiary/aromatic N) is 2. The van der Waals surface area contributed by atoms with Crippen LogP contribution in [0, 0.1) is 0 Å². The van der Waals surface area contributed by atoms with E-state index < -0.39 is 16.0 Å². The van der Waals surface area contributed by atoms with E-state index in [9.17, 15) is 13.2 Å². The van der Waals surface area contributed by atoms with Gasteiger partial charge in [0.05, 0.1) is 5.56 Å². The highest BCUT2D eigenvalue weighted by Crippen LogP contribution is 2.21. The molecule has 0 radical (unpaired) electrons. The highest BCUT2D eigenvalue weighted by atomic mass is 32.2. The van der Waals surface area contributed by atoms with Gasteiger partial charge in [-0.25, -0.2) is 23.0 Å². The first-order valence-electron chi connectivity index (χ1n) is 4.19. The number of rotatable bonds is 4. The summed E-state index contributed by atoms with van der Waals surface area (Å²) in [7, 11) is -3.82. The molecule has 0 saturated carbocycles. The molecule has 3 N–H and O–H groups in total. The quantitative estimate of drug-likeness (QED) is 0.739. The lowest BCUT2D eigenvalue weighted by Gasteiger charge is -2.00. The summed E-state index contributed by atoms with van der Waals surface area (Å²) < 4.78 is 25.5. The number of carbonyl (C=O) groups is 1. The number of aromatic amines is 1. The third-order valence-electron chi connectivity index (χ3n) is 1.73. The van der Waals surface area contributed by atoms with E-state index in [1.165, 1.54) is 5.38 Å². The molecule has 2 rings (SSSR count). The second-order valence-electron chi connectivity index (χ2n) is 2.90. The van der Waals surface area contributed by atoms with Crippen LogP contribution < -0.4 is 4.72 Å². The van der Waals surface area contributed by atoms with Crippen molar-refractivity contribution < 1.29 is 18.3 Å². The summed E-state index contributed by atoms with van der Waals surface area (Å²) in [5, 5.41) is 15.7. The Kier molecular flexibility index (Phi) is 2.81. The van der Waals surface area contributed by atoms with Crippen LogP contribution >= 0.6 is 11.3 Å². The van der Waals surface area contributed by atoms with Crippen LogP contribution in [0.3, 0.4) is 0 Å². The number of aromatic carboxylic acids is 1. The van der Waals surface area contributed by atoms with Crippen LogP contribution in [0.1, 0.15) is 10.4 Å². The first-order chi connectivity index (χ1) is 7.99. The fourth-order valence-corrected chi connectivity index (χ4v) is 3.12. The fourth-order valence-electron chi connectivity index (χ4n) is 1.00. The molecule has 10 heteroatoms. The SMILES string of the molecule is O=C(O)c1csc(S(=O)(=O)Nc2ncn[nH]2)c1. The normalized spacial score (nSPS) is 11.3. The zero-order valence-corrected chi connectivity index (χ0v) is 9.75. The van der Waals surface area contributed by atoms with Crippen molar-refractivity contribution in [2.75, 3.05) is 4.72 Å². The van der Waals surface area contributed by atoms with Gasteiger partial charge in [-0.15, -0.1) is 11.3 Å². The summed E-state index contributed by atoms with van der Waals surface area (Å²) in [6.45, 7) is 0. The molecular weight excluding hydrogens is 268 g/mol. The molecule has 0 aliphatic heterocycles. The minimum Gasteiger partial charge on any atom is -0.478 e. The number of anilines is 1. The maximum absolute atomic E-state index is 11.8. The third kappa shape index (κ3) is 2.42. The maximum Gasteiger partial charge on any atom is 0.336 e. The van der Waals surface area contributed by atoms with Gasteiger partial charge in [0, 0.05) is 5.38 Å². The lowest BCUT2D eigenvalue weighted by molar-refractivity contribution is 0.0697. The minimum atomic E-state index is -3.82. The van der Waals surface area contributed by atoms with Gasteiger partial charge in [-0.3, -0.25) is 0 Å². The molecule has 0 fully saturated rings. The molecular formula is C7H6N4O4S2. The second-order valence-corrected chi connectivity index (χ2v) is 5.72. The van der Waals surface area contributed by atoms with Gasteiger partial charge in [0.25, 0.3) is 10.0 Å². The summed E-state index contributed by atoms with van der Waals surface area (Å²) in [4.78, 5) is 14.2. The van der Waals surface area contributed by atoms with Crippen LogP contribution in [0.2, 0.25) is 0 Å². The molecule has 2 aromatic rings. The van der Waals surface area contributed by atoms with E-state index in [0.717, 1.165) is 23.7 Å². The van der Waals surface area contributed by atoms with E-state index >= 15 is 0 Å². The monoisotopic (exact) mass is 274 g/mol. The van der Waals surface area contributed by atoms with Gasteiger partial charge >= 0.3 is 5.97 Å². The van der Waals surface area contributed by atoms with Crippen molar-refractivity contribution in [3.05, 3.63) is 23.3 Å². The fraction of sp³-hybridized carbons (Fsp3) is 0. The summed E-state index contributed by atoms with van der Waals surface area (Å²) in [6.07, 6.45) is 1.15. The Morgan fingerprint density at radius 2 is 2.29 bits per heavy atom. The molecule has 90 valence electrons. The molecule has 0 amide bonds. The van der Waals surface area contributed by atoms with Crippen LogP contribution in [-0.2, 0) is 10.0 Å². The molecule has 2 heterocycles. The second kappa shape index (κ2) is 4.14. The van der Waals surface area contributed by atoms with Gasteiger partial charge in [0.2, 0.25) is 5.95 Å². The van der Waals surface area contributed by atoms with Crippen molar-refractivity contribution in [1.82, 2.24) is 15.2 Å². The van der Waals surface area contributed by atoms with E-state index in [1.807, 2.05) is 0 Å². The lowest BCUT2D eigenvalue weighted by Crippen LogP contribution is -2.12. The van der Waals surface area contributed by atoms with E-state index in [2.05, 4.69) is 19.9 Å². The first kappa shape index (κ1) is 11.5. The number of sulfonamides is 1. The van der Waals surface area contributed by atoms with Crippen molar-refractivity contribution in [2.24, 2.45) is 0 Å². The molecule has 0 aliphatic rings. The molecule has 8 nitrogen and oxygen atoms in total. The number of hydrogen-bond acceptors (Lipinski definition) is 6. The molecule has 0 spiro atoms. The van der Waals surface area contributed by atoms with Crippen LogP contribution in [-0.4, -0.2) is 34.7 Å². The number of nitrogens with one attached hydrogen (secondary N) is 2. The predicted octanol–water partition coefficient (Wildman–Crippen LogP) is 0.365. The summed E-state index contributed by atoms with van der Waals surface area (Å²) in [5.74, 6) is -1.21. The Morgan fingerprint density at radius 1 is 1.53 bits per heavy atom. The largest absolute Gasteiger partial charge is 0.478 e. The lowest BCUT2D eigenvalue weighted by atomic mass is 10.4. The topological polar surface area (TPSA) is 125 Å². The van der Waals surface area contributed by atoms with Crippen LogP contribution in [0.15, 0.2) is 22.0 Å². The van der Waals surface area contributed by atoms with Crippen molar-refractivity contribution >= 4 is 33.3 Å². The van der Waals surface area contributed by atoms with Crippen molar-refractivity contribution in [3.8, 4) is 0 Å². The summed E-state index contributed by atoms with van der Waals surface area (Å²) in [6, 6.07) is 1.08. The van der Waals surface area contributed by atoms with Gasteiger partial charge in [-0.05, 0) is 6.07 Å². The molecule has 0 atom stereocenters. The Hall–Kier alpha value is -1.94. The molecule has 0 aromatic carbocycles. The van der Waals surface area contributed by atoms with Crippen LogP contribution in [0.4, 0.5) is 5.95 Å². The number of aromatic nitrogens is 3. The van der Waals surface area contributed by atoms with E-state index in [4.69, 9.17) is 5.11 Å². The summed E-state index contributed by atoms with van der Waals surface area (Å²) >= 11 is 0.813. The highest BCUT2D eigenvalue weighted by molar-refractivity contribution is 7.94. The van der Waals surface area contributed by atoms with Crippen molar-refractivity contribution in [3.63, 3.8) is 0 Å². The van der Waals surface area contributed by atoms with E-state index in [0.29, 0.717) is 0 Å². The smallest absolute Gasteiger partial charge is 0.336 e. The first-order valence-corrected chi connectivity index (χ1v) is 6.55. The maximum atomic E-state index is 11.8.